The van der Waals surface area contributed by atoms with Crippen molar-refractivity contribution >= 4 is 17.7 Å². The molecule has 0 spiro atoms. The molecule has 0 saturated heterocycles. The summed E-state index contributed by atoms with van der Waals surface area (Å²) in [6, 6.07) is 1.80. The molecule has 0 bridgehead atoms. The molecule has 0 amide bonds. The van der Waals surface area contributed by atoms with Gasteiger partial charge < -0.3 is 0 Å². The van der Waals surface area contributed by atoms with Crippen molar-refractivity contribution in [2.24, 2.45) is 0 Å². The monoisotopic (exact) mass is 181 g/mol. The molecule has 0 atom stereocenters. The lowest BCUT2D eigenvalue weighted by Gasteiger charge is -2.01. The summed E-state index contributed by atoms with van der Waals surface area (Å²) in [5.41, 5.74) is 3.23. The number of nitrogens with zero attached hydrogens (tertiary/aromatic N) is 1. The molecule has 0 aliphatic rings. The van der Waals surface area contributed by atoms with E-state index in [1.54, 1.807) is 12.3 Å². The Kier molecular flexibility index (Phi) is 2.88. The first kappa shape index (κ1) is 9.27. The summed E-state index contributed by atoms with van der Waals surface area (Å²) >= 11 is 5.93. The van der Waals surface area contributed by atoms with E-state index in [1.807, 2.05) is 26.8 Å². The first-order valence-electron chi connectivity index (χ1n) is 3.87. The highest BCUT2D eigenvalue weighted by molar-refractivity contribution is 6.31. The van der Waals surface area contributed by atoms with E-state index in [1.165, 1.54) is 5.57 Å². The van der Waals surface area contributed by atoms with Gasteiger partial charge in [-0.3, -0.25) is 4.98 Å². The summed E-state index contributed by atoms with van der Waals surface area (Å²) in [7, 11) is 0. The number of hydrogen-bond donors (Lipinski definition) is 0. The van der Waals surface area contributed by atoms with Crippen LogP contribution >= 0.6 is 11.6 Å². The minimum atomic E-state index is 0.775. The van der Waals surface area contributed by atoms with Gasteiger partial charge in [0.1, 0.15) is 0 Å². The van der Waals surface area contributed by atoms with Crippen LogP contribution in [0.3, 0.4) is 0 Å². The fraction of sp³-hybridized carbons (Fsp3) is 0.300. The quantitative estimate of drug-likeness (QED) is 0.647. The van der Waals surface area contributed by atoms with E-state index in [0.717, 1.165) is 16.3 Å². The fourth-order valence-corrected chi connectivity index (χ4v) is 1.10. The molecule has 0 radical (unpaired) electrons. The van der Waals surface area contributed by atoms with Crippen LogP contribution in [0.4, 0.5) is 0 Å². The zero-order valence-corrected chi connectivity index (χ0v) is 8.31. The van der Waals surface area contributed by atoms with Crippen molar-refractivity contribution in [3.05, 3.63) is 34.1 Å². The van der Waals surface area contributed by atoms with E-state index >= 15 is 0 Å². The second kappa shape index (κ2) is 3.72. The molecule has 0 aromatic carbocycles. The average Bonchev–Trinajstić information content (AvgIpc) is 1.98. The Balaban J connectivity index is 3.17. The van der Waals surface area contributed by atoms with E-state index in [-0.39, 0.29) is 0 Å². The van der Waals surface area contributed by atoms with E-state index in [2.05, 4.69) is 4.98 Å². The SMILES string of the molecule is CC(C)=Cc1nccc(Cl)c1C. The first-order chi connectivity index (χ1) is 5.61. The molecule has 1 rings (SSSR count). The second-order valence-corrected chi connectivity index (χ2v) is 3.43. The third-order valence-corrected chi connectivity index (χ3v) is 2.01. The Morgan fingerprint density at radius 1 is 1.50 bits per heavy atom. The third kappa shape index (κ3) is 2.08. The van der Waals surface area contributed by atoms with Crippen LogP contribution in [0.2, 0.25) is 5.02 Å². The van der Waals surface area contributed by atoms with E-state index in [0.29, 0.717) is 0 Å². The lowest BCUT2D eigenvalue weighted by atomic mass is 10.2. The van der Waals surface area contributed by atoms with Gasteiger partial charge in [0.15, 0.2) is 0 Å². The highest BCUT2D eigenvalue weighted by Gasteiger charge is 1.99. The molecule has 1 heterocycles. The maximum atomic E-state index is 5.93. The average molecular weight is 182 g/mol. The van der Waals surface area contributed by atoms with Crippen molar-refractivity contribution in [1.82, 2.24) is 4.98 Å². The fourth-order valence-electron chi connectivity index (χ4n) is 0.946. The topological polar surface area (TPSA) is 12.9 Å². The van der Waals surface area contributed by atoms with Crippen molar-refractivity contribution in [2.45, 2.75) is 20.8 Å². The second-order valence-electron chi connectivity index (χ2n) is 3.02. The Morgan fingerprint density at radius 3 is 2.75 bits per heavy atom. The zero-order valence-electron chi connectivity index (χ0n) is 7.56. The Hall–Kier alpha value is -0.820. The minimum Gasteiger partial charge on any atom is -0.257 e. The first-order valence-corrected chi connectivity index (χ1v) is 4.25. The lowest BCUT2D eigenvalue weighted by Crippen LogP contribution is -1.86. The van der Waals surface area contributed by atoms with Crippen molar-refractivity contribution < 1.29 is 0 Å². The molecule has 0 unspecified atom stereocenters. The molecule has 1 aromatic heterocycles. The zero-order chi connectivity index (χ0) is 9.14. The van der Waals surface area contributed by atoms with E-state index < -0.39 is 0 Å². The minimum absolute atomic E-state index is 0.775. The van der Waals surface area contributed by atoms with Gasteiger partial charge in [-0.05, 0) is 38.5 Å². The molecule has 0 aliphatic heterocycles. The van der Waals surface area contributed by atoms with Gasteiger partial charge in [-0.2, -0.15) is 0 Å². The van der Waals surface area contributed by atoms with Gasteiger partial charge in [0.25, 0.3) is 0 Å². The number of halogens is 1. The highest BCUT2D eigenvalue weighted by Crippen LogP contribution is 2.18. The van der Waals surface area contributed by atoms with Crippen LogP contribution in [0.1, 0.15) is 25.1 Å². The maximum Gasteiger partial charge on any atom is 0.0672 e. The van der Waals surface area contributed by atoms with Crippen LogP contribution in [0, 0.1) is 6.92 Å². The largest absolute Gasteiger partial charge is 0.257 e. The van der Waals surface area contributed by atoms with Gasteiger partial charge in [-0.25, -0.2) is 0 Å². The molecule has 1 nitrogen and oxygen atoms in total. The number of hydrogen-bond acceptors (Lipinski definition) is 1. The molecule has 2 heteroatoms. The van der Waals surface area contributed by atoms with Crippen LogP contribution in [-0.4, -0.2) is 4.98 Å². The molecule has 0 fully saturated rings. The summed E-state index contributed by atoms with van der Waals surface area (Å²) in [4.78, 5) is 4.22. The summed E-state index contributed by atoms with van der Waals surface area (Å²) in [5.74, 6) is 0. The summed E-state index contributed by atoms with van der Waals surface area (Å²) in [6.45, 7) is 6.06. The smallest absolute Gasteiger partial charge is 0.0672 e. The van der Waals surface area contributed by atoms with Crippen molar-refractivity contribution in [3.63, 3.8) is 0 Å². The normalized spacial score (nSPS) is 9.67. The Labute approximate surface area is 78.1 Å². The summed E-state index contributed by atoms with van der Waals surface area (Å²) in [5, 5.41) is 0.775. The maximum absolute atomic E-state index is 5.93. The predicted molar refractivity (Wildman–Crippen MR) is 53.3 cm³/mol. The molecular weight excluding hydrogens is 170 g/mol. The molecule has 0 saturated carbocycles. The van der Waals surface area contributed by atoms with Gasteiger partial charge in [-0.15, -0.1) is 0 Å². The van der Waals surface area contributed by atoms with Crippen LogP contribution in [0.15, 0.2) is 17.8 Å². The highest BCUT2D eigenvalue weighted by atomic mass is 35.5. The van der Waals surface area contributed by atoms with E-state index in [9.17, 15) is 0 Å². The summed E-state index contributed by atoms with van der Waals surface area (Å²) < 4.78 is 0. The van der Waals surface area contributed by atoms with Crippen LogP contribution in [0.5, 0.6) is 0 Å². The van der Waals surface area contributed by atoms with Gasteiger partial charge >= 0.3 is 0 Å². The Bertz CT molecular complexity index is 312. The van der Waals surface area contributed by atoms with Gasteiger partial charge in [-0.1, -0.05) is 17.2 Å². The Morgan fingerprint density at radius 2 is 2.17 bits per heavy atom. The molecule has 0 aliphatic carbocycles. The van der Waals surface area contributed by atoms with Crippen LogP contribution < -0.4 is 0 Å². The van der Waals surface area contributed by atoms with Crippen molar-refractivity contribution in [1.29, 1.82) is 0 Å². The predicted octanol–water partition coefficient (Wildman–Crippen LogP) is 3.47. The molecular formula is C10H12ClN. The molecule has 12 heavy (non-hydrogen) atoms. The van der Waals surface area contributed by atoms with Crippen molar-refractivity contribution in [3.8, 4) is 0 Å². The summed E-state index contributed by atoms with van der Waals surface area (Å²) in [6.07, 6.45) is 3.76. The van der Waals surface area contributed by atoms with Crippen molar-refractivity contribution in [2.75, 3.05) is 0 Å². The third-order valence-electron chi connectivity index (χ3n) is 1.60. The van der Waals surface area contributed by atoms with Crippen LogP contribution in [0.25, 0.3) is 6.08 Å². The lowest BCUT2D eigenvalue weighted by molar-refractivity contribution is 1.23. The standard InChI is InChI=1S/C10H12ClN/c1-7(2)6-10-8(3)9(11)4-5-12-10/h4-6H,1-3H3. The van der Waals surface area contributed by atoms with Gasteiger partial charge in [0.2, 0.25) is 0 Å². The van der Waals surface area contributed by atoms with Gasteiger partial charge in [0.05, 0.1) is 5.69 Å². The van der Waals surface area contributed by atoms with E-state index in [4.69, 9.17) is 11.6 Å². The number of aromatic nitrogens is 1. The molecule has 0 N–H and O–H groups in total. The number of pyridine rings is 1. The number of rotatable bonds is 1. The molecule has 1 aromatic rings. The van der Waals surface area contributed by atoms with Gasteiger partial charge in [0, 0.05) is 11.2 Å². The molecule has 64 valence electrons. The number of allylic oxidation sites excluding steroid dienone is 1. The van der Waals surface area contributed by atoms with Crippen LogP contribution in [-0.2, 0) is 0 Å².